The molecule has 0 saturated heterocycles. The van der Waals surface area contributed by atoms with E-state index in [1.54, 1.807) is 0 Å². The average molecular weight is 362 g/mol. The number of rotatable bonds is 14. The van der Waals surface area contributed by atoms with Crippen molar-refractivity contribution < 1.29 is 4.79 Å². The maximum atomic E-state index is 11.5. The van der Waals surface area contributed by atoms with Crippen LogP contribution in [0, 0.1) is 34.5 Å². The predicted octanol–water partition coefficient (Wildman–Crippen LogP) is 7.47. The first-order valence-electron chi connectivity index (χ1n) is 11.5. The number of carbonyl (C=O) groups excluding carboxylic acids is 1. The van der Waals surface area contributed by atoms with Gasteiger partial charge in [-0.1, -0.05) is 91.4 Å². The Morgan fingerprint density at radius 3 is 2.15 bits per heavy atom. The van der Waals surface area contributed by atoms with Crippen LogP contribution in [-0.2, 0) is 4.79 Å². The van der Waals surface area contributed by atoms with Gasteiger partial charge in [0.2, 0.25) is 0 Å². The standard InChI is InChI=1S/C24H43NO/c1-4-7-10-21-13-15-23(16-14-21)22(11-8-5-2)12-9-18-24(19-25,20-26)17-6-3/h20-23H,4-18H2,1-3H3. The Morgan fingerprint density at radius 1 is 0.962 bits per heavy atom. The molecule has 0 aromatic rings. The molecule has 1 saturated carbocycles. The summed E-state index contributed by atoms with van der Waals surface area (Å²) < 4.78 is 0. The van der Waals surface area contributed by atoms with E-state index >= 15 is 0 Å². The first-order valence-corrected chi connectivity index (χ1v) is 11.5. The van der Waals surface area contributed by atoms with Crippen LogP contribution in [0.5, 0.6) is 0 Å². The van der Waals surface area contributed by atoms with E-state index in [2.05, 4.69) is 26.8 Å². The van der Waals surface area contributed by atoms with Crippen LogP contribution < -0.4 is 0 Å². The molecule has 0 bridgehead atoms. The van der Waals surface area contributed by atoms with Crippen LogP contribution in [-0.4, -0.2) is 6.29 Å². The molecule has 0 aromatic heterocycles. The summed E-state index contributed by atoms with van der Waals surface area (Å²) in [5, 5.41) is 9.48. The number of nitriles is 1. The minimum atomic E-state index is -0.720. The minimum absolute atomic E-state index is 0.717. The molecule has 0 aliphatic heterocycles. The molecule has 1 aliphatic rings. The lowest BCUT2D eigenvalue weighted by Crippen LogP contribution is -2.24. The Kier molecular flexibility index (Phi) is 11.9. The van der Waals surface area contributed by atoms with Crippen molar-refractivity contribution in [3.05, 3.63) is 0 Å². The summed E-state index contributed by atoms with van der Waals surface area (Å²) >= 11 is 0. The van der Waals surface area contributed by atoms with Crippen LogP contribution in [0.25, 0.3) is 0 Å². The minimum Gasteiger partial charge on any atom is -0.302 e. The second-order valence-electron chi connectivity index (χ2n) is 8.85. The SMILES string of the molecule is CCCCC1CCC(C(CCCC)CCCC(C#N)(C=O)CCC)CC1. The van der Waals surface area contributed by atoms with Crippen LogP contribution in [0.4, 0.5) is 0 Å². The van der Waals surface area contributed by atoms with Crippen molar-refractivity contribution in [2.75, 3.05) is 0 Å². The summed E-state index contributed by atoms with van der Waals surface area (Å²) in [6.07, 6.45) is 19.3. The Balaban J connectivity index is 2.51. The van der Waals surface area contributed by atoms with E-state index < -0.39 is 5.41 Å². The molecule has 0 radical (unpaired) electrons. The smallest absolute Gasteiger partial charge is 0.140 e. The highest BCUT2D eigenvalue weighted by molar-refractivity contribution is 5.63. The molecule has 0 heterocycles. The molecule has 150 valence electrons. The van der Waals surface area contributed by atoms with Crippen LogP contribution >= 0.6 is 0 Å². The van der Waals surface area contributed by atoms with E-state index in [1.807, 2.05) is 0 Å². The van der Waals surface area contributed by atoms with Crippen molar-refractivity contribution in [2.45, 2.75) is 117 Å². The molecule has 1 aliphatic carbocycles. The van der Waals surface area contributed by atoms with Gasteiger partial charge in [-0.3, -0.25) is 0 Å². The molecule has 1 fully saturated rings. The molecule has 26 heavy (non-hydrogen) atoms. The third-order valence-electron chi connectivity index (χ3n) is 6.79. The Hall–Kier alpha value is -0.840. The molecule has 0 N–H and O–H groups in total. The molecule has 2 nitrogen and oxygen atoms in total. The number of hydrogen-bond acceptors (Lipinski definition) is 2. The monoisotopic (exact) mass is 361 g/mol. The molecular formula is C24H43NO. The maximum absolute atomic E-state index is 11.5. The fourth-order valence-electron chi connectivity index (χ4n) is 5.03. The second kappa shape index (κ2) is 13.3. The van der Waals surface area contributed by atoms with Gasteiger partial charge in [0.05, 0.1) is 6.07 Å². The molecular weight excluding hydrogens is 318 g/mol. The second-order valence-corrected chi connectivity index (χ2v) is 8.85. The summed E-state index contributed by atoms with van der Waals surface area (Å²) in [6.45, 7) is 6.65. The van der Waals surface area contributed by atoms with E-state index in [1.165, 1.54) is 70.6 Å². The number of hydrogen-bond donors (Lipinski definition) is 0. The van der Waals surface area contributed by atoms with E-state index in [0.29, 0.717) is 0 Å². The summed E-state index contributed by atoms with van der Waals surface area (Å²) in [7, 11) is 0. The Labute approximate surface area is 163 Å². The highest BCUT2D eigenvalue weighted by Crippen LogP contribution is 2.40. The van der Waals surface area contributed by atoms with E-state index in [0.717, 1.165) is 49.7 Å². The normalized spacial score (nSPS) is 23.8. The summed E-state index contributed by atoms with van der Waals surface area (Å²) in [4.78, 5) is 11.5. The lowest BCUT2D eigenvalue weighted by molar-refractivity contribution is -0.114. The highest BCUT2D eigenvalue weighted by Gasteiger charge is 2.30. The third-order valence-corrected chi connectivity index (χ3v) is 6.79. The third kappa shape index (κ3) is 7.81. The first-order chi connectivity index (χ1) is 12.6. The van der Waals surface area contributed by atoms with Gasteiger partial charge in [-0.15, -0.1) is 0 Å². The molecule has 0 amide bonds. The van der Waals surface area contributed by atoms with Crippen LogP contribution in [0.3, 0.4) is 0 Å². The number of unbranched alkanes of at least 4 members (excludes halogenated alkanes) is 2. The van der Waals surface area contributed by atoms with Gasteiger partial charge >= 0.3 is 0 Å². The summed E-state index contributed by atoms with van der Waals surface area (Å²) in [6, 6.07) is 2.32. The van der Waals surface area contributed by atoms with Gasteiger partial charge in [-0.2, -0.15) is 5.26 Å². The van der Waals surface area contributed by atoms with Gasteiger partial charge in [-0.05, 0) is 43.4 Å². The van der Waals surface area contributed by atoms with Crippen LogP contribution in [0.2, 0.25) is 0 Å². The molecule has 2 unspecified atom stereocenters. The lowest BCUT2D eigenvalue weighted by atomic mass is 9.71. The van der Waals surface area contributed by atoms with Gasteiger partial charge in [0.1, 0.15) is 11.7 Å². The molecule has 2 heteroatoms. The zero-order valence-electron chi connectivity index (χ0n) is 17.8. The largest absolute Gasteiger partial charge is 0.302 e. The quantitative estimate of drug-likeness (QED) is 0.301. The summed E-state index contributed by atoms with van der Waals surface area (Å²) in [5.74, 6) is 2.67. The summed E-state index contributed by atoms with van der Waals surface area (Å²) in [5.41, 5.74) is -0.720. The topological polar surface area (TPSA) is 40.9 Å². The number of carbonyl (C=O) groups is 1. The van der Waals surface area contributed by atoms with E-state index in [-0.39, 0.29) is 0 Å². The van der Waals surface area contributed by atoms with Crippen molar-refractivity contribution in [1.29, 1.82) is 5.26 Å². The fourth-order valence-corrected chi connectivity index (χ4v) is 5.03. The van der Waals surface area contributed by atoms with Crippen molar-refractivity contribution in [2.24, 2.45) is 23.2 Å². The Bertz CT molecular complexity index is 405. The van der Waals surface area contributed by atoms with Gasteiger partial charge in [-0.25, -0.2) is 0 Å². The van der Waals surface area contributed by atoms with Gasteiger partial charge in [0, 0.05) is 0 Å². The average Bonchev–Trinajstić information content (AvgIpc) is 2.68. The van der Waals surface area contributed by atoms with Crippen molar-refractivity contribution >= 4 is 6.29 Å². The van der Waals surface area contributed by atoms with Crippen molar-refractivity contribution in [3.63, 3.8) is 0 Å². The van der Waals surface area contributed by atoms with Crippen LogP contribution in [0.15, 0.2) is 0 Å². The predicted molar refractivity (Wildman–Crippen MR) is 111 cm³/mol. The lowest BCUT2D eigenvalue weighted by Gasteiger charge is -2.34. The zero-order chi connectivity index (χ0) is 19.3. The van der Waals surface area contributed by atoms with E-state index in [9.17, 15) is 10.1 Å². The molecule has 0 spiro atoms. The number of aldehydes is 1. The fraction of sp³-hybridized carbons (Fsp3) is 0.917. The van der Waals surface area contributed by atoms with Gasteiger partial charge in [0.25, 0.3) is 0 Å². The first kappa shape index (κ1) is 23.2. The molecule has 1 rings (SSSR count). The molecule has 0 aromatic carbocycles. The van der Waals surface area contributed by atoms with Gasteiger partial charge < -0.3 is 4.79 Å². The maximum Gasteiger partial charge on any atom is 0.140 e. The highest BCUT2D eigenvalue weighted by atomic mass is 16.1. The molecule has 2 atom stereocenters. The Morgan fingerprint density at radius 2 is 1.62 bits per heavy atom. The number of nitrogens with zero attached hydrogens (tertiary/aromatic N) is 1. The van der Waals surface area contributed by atoms with Crippen LogP contribution in [0.1, 0.15) is 117 Å². The van der Waals surface area contributed by atoms with Crippen molar-refractivity contribution in [3.8, 4) is 6.07 Å². The van der Waals surface area contributed by atoms with E-state index in [4.69, 9.17) is 0 Å². The van der Waals surface area contributed by atoms with Gasteiger partial charge in [0.15, 0.2) is 0 Å². The zero-order valence-corrected chi connectivity index (χ0v) is 17.8. The van der Waals surface area contributed by atoms with Crippen molar-refractivity contribution in [1.82, 2.24) is 0 Å².